The van der Waals surface area contributed by atoms with E-state index in [1.54, 1.807) is 7.11 Å². The fourth-order valence-electron chi connectivity index (χ4n) is 1.76. The molecule has 0 saturated carbocycles. The highest BCUT2D eigenvalue weighted by molar-refractivity contribution is 6.17. The highest BCUT2D eigenvalue weighted by atomic mass is 35.5. The Kier molecular flexibility index (Phi) is 6.87. The Morgan fingerprint density at radius 2 is 1.71 bits per heavy atom. The molecule has 3 heteroatoms. The van der Waals surface area contributed by atoms with Crippen LogP contribution in [0.25, 0.3) is 0 Å². The molecule has 0 spiro atoms. The minimum atomic E-state index is 0.786. The van der Waals surface area contributed by atoms with Crippen molar-refractivity contribution in [1.29, 1.82) is 0 Å². The van der Waals surface area contributed by atoms with Gasteiger partial charge in [0.25, 0.3) is 0 Å². The van der Waals surface area contributed by atoms with Crippen molar-refractivity contribution in [2.45, 2.75) is 25.7 Å². The molecular formula is C14H22ClNO. The molecule has 0 saturated heterocycles. The molecule has 1 aromatic rings. The molecule has 0 amide bonds. The molecule has 0 aliphatic heterocycles. The molecule has 96 valence electrons. The van der Waals surface area contributed by atoms with E-state index in [-0.39, 0.29) is 0 Å². The summed E-state index contributed by atoms with van der Waals surface area (Å²) < 4.78 is 5.14. The monoisotopic (exact) mass is 255 g/mol. The number of hydrogen-bond donors (Lipinski definition) is 0. The van der Waals surface area contributed by atoms with E-state index in [1.165, 1.54) is 24.9 Å². The molecular weight excluding hydrogens is 234 g/mol. The number of ether oxygens (including phenoxy) is 1. The number of unbranched alkanes of at least 4 members (excludes halogenated alkanes) is 3. The van der Waals surface area contributed by atoms with Crippen LogP contribution in [0.2, 0.25) is 0 Å². The Balaban J connectivity index is 2.28. The van der Waals surface area contributed by atoms with E-state index in [0.29, 0.717) is 0 Å². The summed E-state index contributed by atoms with van der Waals surface area (Å²) in [6, 6.07) is 8.19. The Hall–Kier alpha value is -0.890. The minimum Gasteiger partial charge on any atom is -0.497 e. The van der Waals surface area contributed by atoms with Gasteiger partial charge in [0.2, 0.25) is 0 Å². The van der Waals surface area contributed by atoms with Gasteiger partial charge >= 0.3 is 0 Å². The van der Waals surface area contributed by atoms with Crippen LogP contribution in [-0.2, 0) is 0 Å². The predicted octanol–water partition coefficient (Wildman–Crippen LogP) is 3.93. The topological polar surface area (TPSA) is 12.5 Å². The lowest BCUT2D eigenvalue weighted by Crippen LogP contribution is -2.18. The maximum Gasteiger partial charge on any atom is 0.119 e. The van der Waals surface area contributed by atoms with Crippen LogP contribution < -0.4 is 9.64 Å². The highest BCUT2D eigenvalue weighted by Gasteiger charge is 2.00. The van der Waals surface area contributed by atoms with Crippen LogP contribution in [0.4, 0.5) is 5.69 Å². The van der Waals surface area contributed by atoms with Crippen molar-refractivity contribution in [3.05, 3.63) is 24.3 Å². The summed E-state index contributed by atoms with van der Waals surface area (Å²) in [6.07, 6.45) is 4.85. The molecule has 0 aliphatic rings. The molecule has 0 bridgehead atoms. The summed E-state index contributed by atoms with van der Waals surface area (Å²) in [5.74, 6) is 1.69. The van der Waals surface area contributed by atoms with Crippen LogP contribution in [0.5, 0.6) is 5.75 Å². The van der Waals surface area contributed by atoms with Gasteiger partial charge in [-0.15, -0.1) is 11.6 Å². The Labute approximate surface area is 110 Å². The normalized spacial score (nSPS) is 10.3. The molecule has 17 heavy (non-hydrogen) atoms. The molecule has 0 aliphatic carbocycles. The summed E-state index contributed by atoms with van der Waals surface area (Å²) in [5.41, 5.74) is 1.24. The fourth-order valence-corrected chi connectivity index (χ4v) is 1.95. The molecule has 0 N–H and O–H groups in total. The summed E-state index contributed by atoms with van der Waals surface area (Å²) in [5, 5.41) is 0. The number of anilines is 1. The SMILES string of the molecule is COc1ccc(N(C)CCCCCCCl)cc1. The van der Waals surface area contributed by atoms with Crippen molar-refractivity contribution < 1.29 is 4.74 Å². The van der Waals surface area contributed by atoms with E-state index in [9.17, 15) is 0 Å². The largest absolute Gasteiger partial charge is 0.497 e. The third-order valence-electron chi connectivity index (χ3n) is 2.89. The van der Waals surface area contributed by atoms with E-state index in [0.717, 1.165) is 24.6 Å². The van der Waals surface area contributed by atoms with Crippen molar-refractivity contribution in [3.63, 3.8) is 0 Å². The van der Waals surface area contributed by atoms with Gasteiger partial charge in [0.15, 0.2) is 0 Å². The Morgan fingerprint density at radius 3 is 2.29 bits per heavy atom. The van der Waals surface area contributed by atoms with Crippen LogP contribution in [0.15, 0.2) is 24.3 Å². The van der Waals surface area contributed by atoms with Gasteiger partial charge in [0, 0.05) is 25.2 Å². The minimum absolute atomic E-state index is 0.786. The summed E-state index contributed by atoms with van der Waals surface area (Å²) in [7, 11) is 3.82. The summed E-state index contributed by atoms with van der Waals surface area (Å²) in [4.78, 5) is 2.28. The summed E-state index contributed by atoms with van der Waals surface area (Å²) >= 11 is 5.65. The van der Waals surface area contributed by atoms with Crippen LogP contribution in [0, 0.1) is 0 Å². The first-order chi connectivity index (χ1) is 8.27. The molecule has 0 heterocycles. The van der Waals surface area contributed by atoms with Gasteiger partial charge in [-0.05, 0) is 37.1 Å². The number of hydrogen-bond acceptors (Lipinski definition) is 2. The molecule has 0 fully saturated rings. The third kappa shape index (κ3) is 5.31. The van der Waals surface area contributed by atoms with E-state index in [4.69, 9.17) is 16.3 Å². The van der Waals surface area contributed by atoms with Gasteiger partial charge in [-0.25, -0.2) is 0 Å². The molecule has 0 aromatic heterocycles. The van der Waals surface area contributed by atoms with Gasteiger partial charge in [-0.3, -0.25) is 0 Å². The lowest BCUT2D eigenvalue weighted by atomic mass is 10.2. The molecule has 1 aromatic carbocycles. The first kappa shape index (κ1) is 14.2. The number of methoxy groups -OCH3 is 1. The van der Waals surface area contributed by atoms with Crippen LogP contribution in [0.1, 0.15) is 25.7 Å². The maximum atomic E-state index is 5.65. The van der Waals surface area contributed by atoms with Gasteiger partial charge < -0.3 is 9.64 Å². The highest BCUT2D eigenvalue weighted by Crippen LogP contribution is 2.18. The predicted molar refractivity (Wildman–Crippen MR) is 75.5 cm³/mol. The van der Waals surface area contributed by atoms with Crippen molar-refractivity contribution in [2.75, 3.05) is 31.5 Å². The van der Waals surface area contributed by atoms with Gasteiger partial charge in [-0.1, -0.05) is 12.8 Å². The zero-order valence-corrected chi connectivity index (χ0v) is 11.5. The van der Waals surface area contributed by atoms with Crippen LogP contribution in [-0.4, -0.2) is 26.6 Å². The van der Waals surface area contributed by atoms with E-state index < -0.39 is 0 Å². The van der Waals surface area contributed by atoms with Gasteiger partial charge in [0.1, 0.15) is 5.75 Å². The molecule has 0 atom stereocenters. The van der Waals surface area contributed by atoms with Crippen molar-refractivity contribution in [3.8, 4) is 5.75 Å². The molecule has 0 radical (unpaired) electrons. The lowest BCUT2D eigenvalue weighted by Gasteiger charge is -2.19. The van der Waals surface area contributed by atoms with E-state index in [1.807, 2.05) is 12.1 Å². The van der Waals surface area contributed by atoms with Crippen molar-refractivity contribution in [2.24, 2.45) is 0 Å². The second-order valence-electron chi connectivity index (χ2n) is 4.22. The number of nitrogens with zero attached hydrogens (tertiary/aromatic N) is 1. The van der Waals surface area contributed by atoms with Gasteiger partial charge in [-0.2, -0.15) is 0 Å². The maximum absolute atomic E-state index is 5.65. The lowest BCUT2D eigenvalue weighted by molar-refractivity contribution is 0.415. The average Bonchev–Trinajstić information content (AvgIpc) is 2.38. The summed E-state index contributed by atoms with van der Waals surface area (Å²) in [6.45, 7) is 1.09. The van der Waals surface area contributed by atoms with Crippen molar-refractivity contribution >= 4 is 17.3 Å². The van der Waals surface area contributed by atoms with Crippen molar-refractivity contribution in [1.82, 2.24) is 0 Å². The Bertz CT molecular complexity index is 300. The number of benzene rings is 1. The average molecular weight is 256 g/mol. The van der Waals surface area contributed by atoms with Crippen LogP contribution in [0.3, 0.4) is 0 Å². The fraction of sp³-hybridized carbons (Fsp3) is 0.571. The van der Waals surface area contributed by atoms with Crippen LogP contribution >= 0.6 is 11.6 Å². The van der Waals surface area contributed by atoms with E-state index >= 15 is 0 Å². The van der Waals surface area contributed by atoms with E-state index in [2.05, 4.69) is 24.1 Å². The zero-order valence-electron chi connectivity index (χ0n) is 10.8. The third-order valence-corrected chi connectivity index (χ3v) is 3.16. The number of alkyl halides is 1. The second-order valence-corrected chi connectivity index (χ2v) is 4.60. The zero-order chi connectivity index (χ0) is 12.5. The first-order valence-corrected chi connectivity index (χ1v) is 6.72. The molecule has 2 nitrogen and oxygen atoms in total. The van der Waals surface area contributed by atoms with Gasteiger partial charge in [0.05, 0.1) is 7.11 Å². The smallest absolute Gasteiger partial charge is 0.119 e. The quantitative estimate of drug-likeness (QED) is 0.516. The molecule has 0 unspecified atom stereocenters. The number of rotatable bonds is 8. The number of halogens is 1. The molecule has 1 rings (SSSR count). The standard InChI is InChI=1S/C14H22ClNO/c1-16(12-6-4-3-5-11-15)13-7-9-14(17-2)10-8-13/h7-10H,3-6,11-12H2,1-2H3. The first-order valence-electron chi connectivity index (χ1n) is 6.19. The second kappa shape index (κ2) is 8.24. The Morgan fingerprint density at radius 1 is 1.06 bits per heavy atom.